The van der Waals surface area contributed by atoms with Crippen LogP contribution in [0.3, 0.4) is 0 Å². The van der Waals surface area contributed by atoms with E-state index in [1.807, 2.05) is 19.1 Å². The first-order valence-corrected chi connectivity index (χ1v) is 4.58. The van der Waals surface area contributed by atoms with Crippen molar-refractivity contribution < 1.29 is 5.11 Å². The maximum atomic E-state index is 9.48. The molecule has 1 rings (SSSR count). The molecule has 0 bridgehead atoms. The fourth-order valence-corrected chi connectivity index (χ4v) is 1.36. The number of aromatic hydroxyl groups is 1. The van der Waals surface area contributed by atoms with Gasteiger partial charge in [-0.05, 0) is 30.0 Å². The van der Waals surface area contributed by atoms with Gasteiger partial charge in [-0.2, -0.15) is 0 Å². The van der Waals surface area contributed by atoms with Gasteiger partial charge in [-0.25, -0.2) is 0 Å². The maximum Gasteiger partial charge on any atom is 0.118 e. The fourth-order valence-electron chi connectivity index (χ4n) is 1.36. The van der Waals surface area contributed by atoms with E-state index < -0.39 is 0 Å². The topological polar surface area (TPSA) is 46.2 Å². The molecule has 0 heterocycles. The molecule has 0 amide bonds. The average Bonchev–Trinajstić information content (AvgIpc) is 2.08. The summed E-state index contributed by atoms with van der Waals surface area (Å²) < 4.78 is 0. The van der Waals surface area contributed by atoms with Crippen molar-refractivity contribution >= 4 is 0 Å². The van der Waals surface area contributed by atoms with Crippen molar-refractivity contribution in [3.63, 3.8) is 0 Å². The first-order chi connectivity index (χ1) is 6.04. The summed E-state index contributed by atoms with van der Waals surface area (Å²) in [6.45, 7) is 6.05. The van der Waals surface area contributed by atoms with Crippen molar-refractivity contribution in [2.75, 3.05) is 0 Å². The molecule has 1 aromatic carbocycles. The third-order valence-corrected chi connectivity index (χ3v) is 2.42. The lowest BCUT2D eigenvalue weighted by atomic mass is 9.93. The molecule has 0 aliphatic heterocycles. The molecule has 0 spiro atoms. The summed E-state index contributed by atoms with van der Waals surface area (Å²) in [6, 6.07) is 5.50. The van der Waals surface area contributed by atoms with Gasteiger partial charge in [-0.3, -0.25) is 0 Å². The van der Waals surface area contributed by atoms with Crippen LogP contribution in [-0.2, 0) is 0 Å². The number of benzene rings is 1. The second-order valence-electron chi connectivity index (χ2n) is 3.76. The minimum Gasteiger partial charge on any atom is -0.508 e. The van der Waals surface area contributed by atoms with Crippen molar-refractivity contribution in [1.82, 2.24) is 0 Å². The summed E-state index contributed by atoms with van der Waals surface area (Å²) in [4.78, 5) is 0. The van der Waals surface area contributed by atoms with Gasteiger partial charge in [0.15, 0.2) is 0 Å². The van der Waals surface area contributed by atoms with E-state index in [4.69, 9.17) is 5.73 Å². The highest BCUT2D eigenvalue weighted by atomic mass is 16.3. The second kappa shape index (κ2) is 3.79. The zero-order valence-corrected chi connectivity index (χ0v) is 8.41. The molecule has 0 fully saturated rings. The normalized spacial score (nSPS) is 13.3. The molecule has 1 atom stereocenters. The standard InChI is InChI=1S/C11H17NO/c1-7(2)11(12)9-5-4-6-10(13)8(9)3/h4-7,11,13H,12H2,1-3H3. The highest BCUT2D eigenvalue weighted by Crippen LogP contribution is 2.27. The molecule has 0 aliphatic rings. The lowest BCUT2D eigenvalue weighted by Gasteiger charge is -2.18. The molecule has 72 valence electrons. The Morgan fingerprint density at radius 2 is 1.92 bits per heavy atom. The monoisotopic (exact) mass is 179 g/mol. The molecular weight excluding hydrogens is 162 g/mol. The second-order valence-corrected chi connectivity index (χ2v) is 3.76. The van der Waals surface area contributed by atoms with Gasteiger partial charge in [0, 0.05) is 6.04 Å². The lowest BCUT2D eigenvalue weighted by molar-refractivity contribution is 0.463. The highest BCUT2D eigenvalue weighted by Gasteiger charge is 2.13. The molecule has 0 saturated carbocycles. The molecule has 0 aromatic heterocycles. The lowest BCUT2D eigenvalue weighted by Crippen LogP contribution is -2.17. The average molecular weight is 179 g/mol. The fraction of sp³-hybridized carbons (Fsp3) is 0.455. The van der Waals surface area contributed by atoms with Crippen molar-refractivity contribution in [2.45, 2.75) is 26.8 Å². The third-order valence-electron chi connectivity index (χ3n) is 2.42. The van der Waals surface area contributed by atoms with Crippen LogP contribution >= 0.6 is 0 Å². The Hall–Kier alpha value is -1.02. The first kappa shape index (κ1) is 10.1. The molecule has 13 heavy (non-hydrogen) atoms. The van der Waals surface area contributed by atoms with E-state index >= 15 is 0 Å². The number of phenolic OH excluding ortho intramolecular Hbond substituents is 1. The summed E-state index contributed by atoms with van der Waals surface area (Å²) in [5.41, 5.74) is 7.93. The van der Waals surface area contributed by atoms with E-state index in [1.165, 1.54) is 0 Å². The van der Waals surface area contributed by atoms with E-state index in [-0.39, 0.29) is 6.04 Å². The largest absolute Gasteiger partial charge is 0.508 e. The Bertz CT molecular complexity index is 294. The minimum absolute atomic E-state index is 0.00657. The number of hydrogen-bond donors (Lipinski definition) is 2. The zero-order valence-electron chi connectivity index (χ0n) is 8.41. The molecule has 0 radical (unpaired) electrons. The van der Waals surface area contributed by atoms with Crippen LogP contribution in [0.15, 0.2) is 18.2 Å². The Kier molecular flexibility index (Phi) is 2.94. The highest BCUT2D eigenvalue weighted by molar-refractivity contribution is 5.39. The van der Waals surface area contributed by atoms with Crippen molar-refractivity contribution in [3.8, 4) is 5.75 Å². The van der Waals surface area contributed by atoms with Gasteiger partial charge in [0.25, 0.3) is 0 Å². The van der Waals surface area contributed by atoms with Crippen LogP contribution in [0.1, 0.15) is 31.0 Å². The Morgan fingerprint density at radius 3 is 2.46 bits per heavy atom. The molecule has 2 heteroatoms. The van der Waals surface area contributed by atoms with Crippen molar-refractivity contribution in [2.24, 2.45) is 11.7 Å². The van der Waals surface area contributed by atoms with Gasteiger partial charge in [0.2, 0.25) is 0 Å². The van der Waals surface area contributed by atoms with Crippen LogP contribution < -0.4 is 5.73 Å². The summed E-state index contributed by atoms with van der Waals surface area (Å²) >= 11 is 0. The Labute approximate surface area is 79.4 Å². The number of rotatable bonds is 2. The van der Waals surface area contributed by atoms with Gasteiger partial charge in [-0.1, -0.05) is 26.0 Å². The van der Waals surface area contributed by atoms with E-state index in [2.05, 4.69) is 13.8 Å². The number of hydrogen-bond acceptors (Lipinski definition) is 2. The molecule has 3 N–H and O–H groups in total. The minimum atomic E-state index is 0.00657. The molecule has 0 saturated heterocycles. The van der Waals surface area contributed by atoms with Gasteiger partial charge < -0.3 is 10.8 Å². The predicted molar refractivity (Wildman–Crippen MR) is 54.6 cm³/mol. The smallest absolute Gasteiger partial charge is 0.118 e. The molecular formula is C11H17NO. The van der Waals surface area contributed by atoms with Crippen LogP contribution in [0, 0.1) is 12.8 Å². The van der Waals surface area contributed by atoms with Crippen LogP contribution in [0.5, 0.6) is 5.75 Å². The Balaban J connectivity index is 3.07. The van der Waals surface area contributed by atoms with Gasteiger partial charge >= 0.3 is 0 Å². The Morgan fingerprint density at radius 1 is 1.31 bits per heavy atom. The van der Waals surface area contributed by atoms with Crippen LogP contribution in [0.25, 0.3) is 0 Å². The molecule has 2 nitrogen and oxygen atoms in total. The van der Waals surface area contributed by atoms with Gasteiger partial charge in [0.1, 0.15) is 5.75 Å². The summed E-state index contributed by atoms with van der Waals surface area (Å²) in [7, 11) is 0. The SMILES string of the molecule is Cc1c(O)cccc1C(N)C(C)C. The van der Waals surface area contributed by atoms with E-state index in [0.29, 0.717) is 11.7 Å². The van der Waals surface area contributed by atoms with Crippen molar-refractivity contribution in [1.29, 1.82) is 0 Å². The first-order valence-electron chi connectivity index (χ1n) is 4.58. The molecule has 0 aliphatic carbocycles. The van der Waals surface area contributed by atoms with E-state index in [1.54, 1.807) is 6.07 Å². The van der Waals surface area contributed by atoms with Crippen LogP contribution in [0.4, 0.5) is 0 Å². The number of phenols is 1. The van der Waals surface area contributed by atoms with Crippen LogP contribution in [0.2, 0.25) is 0 Å². The quantitative estimate of drug-likeness (QED) is 0.732. The zero-order chi connectivity index (χ0) is 10.0. The summed E-state index contributed by atoms with van der Waals surface area (Å²) in [5, 5.41) is 9.48. The predicted octanol–water partition coefficient (Wildman–Crippen LogP) is 2.36. The summed E-state index contributed by atoms with van der Waals surface area (Å²) in [5.74, 6) is 0.717. The number of nitrogens with two attached hydrogens (primary N) is 1. The third kappa shape index (κ3) is 2.01. The summed E-state index contributed by atoms with van der Waals surface area (Å²) in [6.07, 6.45) is 0. The van der Waals surface area contributed by atoms with Gasteiger partial charge in [0.05, 0.1) is 0 Å². The van der Waals surface area contributed by atoms with Crippen molar-refractivity contribution in [3.05, 3.63) is 29.3 Å². The molecule has 1 unspecified atom stereocenters. The molecule has 1 aromatic rings. The van der Waals surface area contributed by atoms with Gasteiger partial charge in [-0.15, -0.1) is 0 Å². The maximum absolute atomic E-state index is 9.48. The van der Waals surface area contributed by atoms with E-state index in [9.17, 15) is 5.11 Å². The van der Waals surface area contributed by atoms with E-state index in [0.717, 1.165) is 11.1 Å². The van der Waals surface area contributed by atoms with Crippen LogP contribution in [-0.4, -0.2) is 5.11 Å².